The summed E-state index contributed by atoms with van der Waals surface area (Å²) >= 11 is 0. The van der Waals surface area contributed by atoms with Gasteiger partial charge in [-0.25, -0.2) is 4.57 Å². The molecule has 0 heterocycles. The van der Waals surface area contributed by atoms with Crippen LogP contribution in [0.25, 0.3) is 0 Å². The second-order valence-corrected chi connectivity index (χ2v) is 22.7. The Bertz CT molecular complexity index is 2180. The normalized spacial score (nSPS) is 14.3. The number of phosphoric ester groups is 1. The topological polar surface area (TPSA) is 134 Å². The zero-order valence-electron chi connectivity index (χ0n) is 54.4. The number of esters is 2. The summed E-state index contributed by atoms with van der Waals surface area (Å²) in [4.78, 5) is 35.3. The smallest absolute Gasteiger partial charge is 0.462 e. The summed E-state index contributed by atoms with van der Waals surface area (Å²) in [6, 6.07) is 0. The molecule has 9 nitrogen and oxygen atoms in total. The summed E-state index contributed by atoms with van der Waals surface area (Å²) in [5, 5.41) is 0. The van der Waals surface area contributed by atoms with Gasteiger partial charge < -0.3 is 20.1 Å². The Morgan fingerprint density at radius 1 is 0.345 bits per heavy atom. The van der Waals surface area contributed by atoms with Crippen LogP contribution in [0, 0.1) is 0 Å². The number of phosphoric acid groups is 1. The van der Waals surface area contributed by atoms with Crippen LogP contribution in [0.4, 0.5) is 0 Å². The summed E-state index contributed by atoms with van der Waals surface area (Å²) in [6.07, 6.45) is 108. The minimum atomic E-state index is -4.42. The van der Waals surface area contributed by atoms with Gasteiger partial charge in [-0.2, -0.15) is 0 Å². The number of carbonyl (C=O) groups excluding carboxylic acids is 2. The molecule has 0 saturated carbocycles. The summed E-state index contributed by atoms with van der Waals surface area (Å²) < 4.78 is 33.1. The lowest BCUT2D eigenvalue weighted by Crippen LogP contribution is -2.29. The first-order chi connectivity index (χ1) is 42.8. The van der Waals surface area contributed by atoms with Crippen LogP contribution in [-0.4, -0.2) is 49.3 Å². The number of ether oxygens (including phenoxy) is 2. The van der Waals surface area contributed by atoms with Gasteiger partial charge in [0, 0.05) is 19.4 Å². The van der Waals surface area contributed by atoms with Gasteiger partial charge in [-0.05, 0) is 148 Å². The van der Waals surface area contributed by atoms with E-state index < -0.39 is 32.5 Å². The van der Waals surface area contributed by atoms with Crippen molar-refractivity contribution in [2.45, 2.75) is 238 Å². The van der Waals surface area contributed by atoms with Crippen LogP contribution in [0.5, 0.6) is 0 Å². The van der Waals surface area contributed by atoms with Crippen molar-refractivity contribution in [3.63, 3.8) is 0 Å². The summed E-state index contributed by atoms with van der Waals surface area (Å²) in [5.74, 6) is -0.887. The third-order valence-electron chi connectivity index (χ3n) is 13.2. The molecule has 0 radical (unpaired) electrons. The molecule has 0 aliphatic carbocycles. The van der Waals surface area contributed by atoms with E-state index in [0.717, 1.165) is 154 Å². The molecule has 0 saturated heterocycles. The van der Waals surface area contributed by atoms with E-state index in [9.17, 15) is 19.0 Å². The summed E-state index contributed by atoms with van der Waals surface area (Å²) in [5.41, 5.74) is 5.39. The molecular formula is C77H120NO8P. The fourth-order valence-electron chi connectivity index (χ4n) is 8.29. The minimum Gasteiger partial charge on any atom is -0.462 e. The van der Waals surface area contributed by atoms with Gasteiger partial charge in [-0.3, -0.25) is 18.6 Å². The highest BCUT2D eigenvalue weighted by Gasteiger charge is 2.26. The number of unbranched alkanes of at least 4 members (excludes halogenated alkanes) is 13. The van der Waals surface area contributed by atoms with Crippen molar-refractivity contribution in [1.82, 2.24) is 0 Å². The molecule has 486 valence electrons. The predicted octanol–water partition coefficient (Wildman–Crippen LogP) is 22.3. The fraction of sp³-hybridized carbons (Fsp3) is 0.532. The van der Waals surface area contributed by atoms with Crippen molar-refractivity contribution < 1.29 is 37.6 Å². The molecule has 0 aromatic rings. The lowest BCUT2D eigenvalue weighted by Gasteiger charge is -2.19. The van der Waals surface area contributed by atoms with E-state index in [1.165, 1.54) is 38.5 Å². The van der Waals surface area contributed by atoms with Crippen molar-refractivity contribution in [1.29, 1.82) is 0 Å². The Kier molecular flexibility index (Phi) is 65.4. The monoisotopic (exact) mass is 1220 g/mol. The van der Waals surface area contributed by atoms with Crippen LogP contribution in [-0.2, 0) is 32.7 Å². The molecule has 0 aromatic heterocycles. The fourth-order valence-corrected chi connectivity index (χ4v) is 9.06. The van der Waals surface area contributed by atoms with Crippen molar-refractivity contribution in [2.24, 2.45) is 5.73 Å². The van der Waals surface area contributed by atoms with Gasteiger partial charge >= 0.3 is 19.8 Å². The maximum Gasteiger partial charge on any atom is 0.472 e. The van der Waals surface area contributed by atoms with Crippen LogP contribution in [0.15, 0.2) is 207 Å². The molecule has 87 heavy (non-hydrogen) atoms. The molecule has 0 amide bonds. The Morgan fingerprint density at radius 3 is 0.897 bits per heavy atom. The highest BCUT2D eigenvalue weighted by atomic mass is 31.2. The zero-order valence-corrected chi connectivity index (χ0v) is 55.3. The van der Waals surface area contributed by atoms with Crippen LogP contribution in [0.1, 0.15) is 232 Å². The predicted molar refractivity (Wildman–Crippen MR) is 375 cm³/mol. The third kappa shape index (κ3) is 69.6. The Balaban J connectivity index is 4.04. The van der Waals surface area contributed by atoms with Crippen molar-refractivity contribution in [2.75, 3.05) is 26.4 Å². The van der Waals surface area contributed by atoms with E-state index >= 15 is 0 Å². The molecule has 2 unspecified atom stereocenters. The zero-order chi connectivity index (χ0) is 63.0. The molecule has 0 aliphatic rings. The lowest BCUT2D eigenvalue weighted by molar-refractivity contribution is -0.161. The second kappa shape index (κ2) is 69.7. The molecule has 0 aliphatic heterocycles. The maximum absolute atomic E-state index is 12.8. The number of hydrogen-bond donors (Lipinski definition) is 2. The Morgan fingerprint density at radius 2 is 0.598 bits per heavy atom. The van der Waals surface area contributed by atoms with Gasteiger partial charge in [0.25, 0.3) is 0 Å². The second-order valence-electron chi connectivity index (χ2n) is 21.2. The van der Waals surface area contributed by atoms with Crippen molar-refractivity contribution >= 4 is 19.8 Å². The molecule has 2 atom stereocenters. The molecule has 0 rings (SSSR count). The molecule has 10 heteroatoms. The van der Waals surface area contributed by atoms with Crippen molar-refractivity contribution in [3.8, 4) is 0 Å². The molecule has 0 aromatic carbocycles. The van der Waals surface area contributed by atoms with Gasteiger partial charge in [0.05, 0.1) is 13.2 Å². The average Bonchev–Trinajstić information content (AvgIpc) is 3.65. The van der Waals surface area contributed by atoms with Gasteiger partial charge in [0.15, 0.2) is 6.10 Å². The number of allylic oxidation sites excluding steroid dienone is 34. The quantitative estimate of drug-likeness (QED) is 0.0264. The molecule has 0 spiro atoms. The van der Waals surface area contributed by atoms with Crippen LogP contribution >= 0.6 is 7.82 Å². The average molecular weight is 1220 g/mol. The Labute approximate surface area is 531 Å². The number of rotatable bonds is 60. The lowest BCUT2D eigenvalue weighted by atomic mass is 10.0. The van der Waals surface area contributed by atoms with E-state index in [-0.39, 0.29) is 32.6 Å². The van der Waals surface area contributed by atoms with E-state index in [4.69, 9.17) is 24.3 Å². The standard InChI is InChI=1S/C77H120NO8P/c1-3-5-7-9-11-13-15-17-19-21-23-25-27-29-30-31-32-33-34-35-36-37-38-39-40-41-42-43-44-46-48-50-52-54-56-58-60-62-64-66-68-70-77(80)86-75(74-85-87(81,82)84-72-71-78)73-83-76(79)69-67-65-63-61-59-57-55-53-51-49-47-45-28-26-24-22-20-18-16-14-12-10-8-6-4-2/h5-8,11-14,17-20,23-26,29-30,32-33,35-36,38-39,41-42,44-47,51,53,57,59,75H,3-4,9-10,15-16,21-22,27-28,31,34,37,40,43,48-50,52,54-56,58,60-74,78H2,1-2H3,(H,81,82)/b7-5-,8-6-,13-11-,14-12-,19-17-,20-18-,25-23-,26-24-,30-29-,33-32-,36-35-,39-38-,42-41-,46-44-,47-45-,53-51-,59-57-. The minimum absolute atomic E-state index is 0.0367. The largest absolute Gasteiger partial charge is 0.472 e. The van der Waals surface area contributed by atoms with E-state index in [0.29, 0.717) is 12.8 Å². The maximum atomic E-state index is 12.8. The third-order valence-corrected chi connectivity index (χ3v) is 14.1. The van der Waals surface area contributed by atoms with Crippen LogP contribution in [0.2, 0.25) is 0 Å². The first kappa shape index (κ1) is 81.6. The number of nitrogens with two attached hydrogens (primary N) is 1. The first-order valence-corrected chi connectivity index (χ1v) is 35.1. The first-order valence-electron chi connectivity index (χ1n) is 33.6. The van der Waals surface area contributed by atoms with Gasteiger partial charge in [0.2, 0.25) is 0 Å². The molecule has 0 fully saturated rings. The number of carbonyl (C=O) groups is 2. The molecule has 3 N–H and O–H groups in total. The van der Waals surface area contributed by atoms with Crippen LogP contribution < -0.4 is 5.73 Å². The van der Waals surface area contributed by atoms with E-state index in [1.54, 1.807) is 0 Å². The van der Waals surface area contributed by atoms with E-state index in [2.05, 4.69) is 220 Å². The van der Waals surface area contributed by atoms with Gasteiger partial charge in [-0.15, -0.1) is 0 Å². The number of hydrogen-bond acceptors (Lipinski definition) is 8. The van der Waals surface area contributed by atoms with Gasteiger partial charge in [-0.1, -0.05) is 278 Å². The van der Waals surface area contributed by atoms with Gasteiger partial charge in [0.1, 0.15) is 6.61 Å². The SMILES string of the molecule is CC/C=C\C/C=C\C/C=C\C/C=C\C/C=C\C/C=C\C/C=C\C/C=C\C/C=C\C/C=C\CCCCCCCCCCCCC(=O)OC(COC(=O)CCCCC/C=C\C/C=C\C/C=C\C/C=C\C/C=C\C/C=C\C/C=C\CC)COP(=O)(O)OCCN. The van der Waals surface area contributed by atoms with Crippen molar-refractivity contribution in [3.05, 3.63) is 207 Å². The van der Waals surface area contributed by atoms with Crippen LogP contribution in [0.3, 0.4) is 0 Å². The Hall–Kier alpha value is -5.41. The highest BCUT2D eigenvalue weighted by Crippen LogP contribution is 2.43. The van der Waals surface area contributed by atoms with E-state index in [1.807, 2.05) is 0 Å². The molecule has 0 bridgehead atoms. The summed E-state index contributed by atoms with van der Waals surface area (Å²) in [7, 11) is -4.42. The highest BCUT2D eigenvalue weighted by molar-refractivity contribution is 7.47. The molecular weight excluding hydrogens is 1100 g/mol. The summed E-state index contributed by atoms with van der Waals surface area (Å²) in [6.45, 7) is 3.44.